The number of unbranched alkanes of at least 4 members (excludes halogenated alkanes) is 1. The first kappa shape index (κ1) is 25.1. The van der Waals surface area contributed by atoms with Crippen LogP contribution < -0.4 is 4.74 Å². The smallest absolute Gasteiger partial charge is 0.273 e. The molecule has 34 heavy (non-hydrogen) atoms. The van der Waals surface area contributed by atoms with Gasteiger partial charge in [-0.25, -0.2) is 9.97 Å². The molecule has 0 bridgehead atoms. The van der Waals surface area contributed by atoms with Crippen molar-refractivity contribution in [3.05, 3.63) is 47.7 Å². The number of amides is 2. The molecule has 2 amide bonds. The lowest BCUT2D eigenvalue weighted by atomic mass is 9.99. The summed E-state index contributed by atoms with van der Waals surface area (Å²) < 4.78 is 6.22. The second-order valence-electron chi connectivity index (χ2n) is 8.53. The van der Waals surface area contributed by atoms with Gasteiger partial charge in [-0.05, 0) is 19.4 Å². The molecule has 0 saturated carbocycles. The van der Waals surface area contributed by atoms with Crippen molar-refractivity contribution in [1.29, 1.82) is 0 Å². The van der Waals surface area contributed by atoms with Crippen molar-refractivity contribution in [2.75, 3.05) is 26.7 Å². The number of carbonyl (C=O) groups excluding carboxylic acids is 2. The fourth-order valence-corrected chi connectivity index (χ4v) is 3.64. The number of hydrogen-bond acceptors (Lipinski definition) is 7. The molecule has 0 aliphatic carbocycles. The number of aliphatic hydroxyl groups excluding tert-OH is 1. The van der Waals surface area contributed by atoms with Gasteiger partial charge in [-0.15, -0.1) is 0 Å². The van der Waals surface area contributed by atoms with E-state index in [1.165, 1.54) is 23.5 Å². The molecule has 2 aromatic heterocycles. The minimum absolute atomic E-state index is 0.144. The Bertz CT molecular complexity index is 1070. The molecule has 1 aliphatic rings. The fraction of sp³-hybridized carbons (Fsp3) is 0.480. The fourth-order valence-electron chi connectivity index (χ4n) is 3.64. The molecular weight excluding hydrogens is 434 g/mol. The maximum Gasteiger partial charge on any atom is 0.273 e. The second-order valence-corrected chi connectivity index (χ2v) is 8.53. The van der Waals surface area contributed by atoms with Crippen LogP contribution >= 0.6 is 0 Å². The topological polar surface area (TPSA) is 109 Å². The number of ether oxygens (including phenoxy) is 1. The Kier molecular flexibility index (Phi) is 8.55. The van der Waals surface area contributed by atoms with Crippen molar-refractivity contribution in [2.45, 2.75) is 45.8 Å². The van der Waals surface area contributed by atoms with Crippen LogP contribution in [-0.4, -0.2) is 80.6 Å². The molecule has 0 fully saturated rings. The molecule has 0 unspecified atom stereocenters. The van der Waals surface area contributed by atoms with Crippen LogP contribution in [0.5, 0.6) is 5.88 Å². The molecule has 0 spiro atoms. The number of hydrogen-bond donors (Lipinski definition) is 1. The summed E-state index contributed by atoms with van der Waals surface area (Å²) in [5.41, 5.74) is 1.16. The Hall–Kier alpha value is -3.51. The van der Waals surface area contributed by atoms with E-state index in [-0.39, 0.29) is 42.5 Å². The van der Waals surface area contributed by atoms with Gasteiger partial charge < -0.3 is 19.6 Å². The molecule has 3 atom stereocenters. The van der Waals surface area contributed by atoms with Gasteiger partial charge in [0.2, 0.25) is 5.88 Å². The highest BCUT2D eigenvalue weighted by Gasteiger charge is 2.34. The zero-order chi connectivity index (χ0) is 24.7. The molecule has 3 heterocycles. The summed E-state index contributed by atoms with van der Waals surface area (Å²) in [6.07, 6.45) is 7.23. The number of nitrogens with zero attached hydrogens (tertiary/aromatic N) is 5. The molecule has 180 valence electrons. The molecule has 0 aromatic carbocycles. The summed E-state index contributed by atoms with van der Waals surface area (Å²) in [6, 6.07) is 1.29. The second kappa shape index (κ2) is 11.6. The van der Waals surface area contributed by atoms with Crippen molar-refractivity contribution < 1.29 is 19.4 Å². The third-order valence-electron chi connectivity index (χ3n) is 5.71. The van der Waals surface area contributed by atoms with Gasteiger partial charge in [0, 0.05) is 50.1 Å². The lowest BCUT2D eigenvalue weighted by Gasteiger charge is -2.37. The Labute approximate surface area is 200 Å². The van der Waals surface area contributed by atoms with Crippen LogP contribution in [0.3, 0.4) is 0 Å². The molecule has 9 nitrogen and oxygen atoms in total. The van der Waals surface area contributed by atoms with Gasteiger partial charge in [-0.1, -0.05) is 25.7 Å². The van der Waals surface area contributed by atoms with Crippen molar-refractivity contribution in [2.24, 2.45) is 5.92 Å². The number of rotatable bonds is 6. The SMILES string of the molecule is CCCC#Cc1cnc2c(c1)C(=O)N([C@H](C)CO)C[C@@H](C)[C@H](CN(C)C(=O)c1cnccn1)O2. The van der Waals surface area contributed by atoms with Crippen LogP contribution in [0.15, 0.2) is 30.9 Å². The van der Waals surface area contributed by atoms with Crippen LogP contribution in [0.25, 0.3) is 0 Å². The predicted octanol–water partition coefficient (Wildman–Crippen LogP) is 2.02. The Morgan fingerprint density at radius 3 is 2.82 bits per heavy atom. The van der Waals surface area contributed by atoms with Crippen LogP contribution in [0.1, 0.15) is 60.0 Å². The minimum Gasteiger partial charge on any atom is -0.472 e. The van der Waals surface area contributed by atoms with E-state index < -0.39 is 12.1 Å². The predicted molar refractivity (Wildman–Crippen MR) is 126 cm³/mol. The van der Waals surface area contributed by atoms with Crippen molar-refractivity contribution in [3.8, 4) is 17.7 Å². The van der Waals surface area contributed by atoms with Gasteiger partial charge in [0.1, 0.15) is 17.4 Å². The average molecular weight is 466 g/mol. The first-order valence-corrected chi connectivity index (χ1v) is 11.4. The maximum atomic E-state index is 13.4. The van der Waals surface area contributed by atoms with E-state index >= 15 is 0 Å². The van der Waals surface area contributed by atoms with Crippen molar-refractivity contribution in [1.82, 2.24) is 24.8 Å². The summed E-state index contributed by atoms with van der Waals surface area (Å²) in [4.78, 5) is 41.8. The van der Waals surface area contributed by atoms with Crippen LogP contribution in [0.4, 0.5) is 0 Å². The molecule has 0 radical (unpaired) electrons. The van der Waals surface area contributed by atoms with E-state index in [0.29, 0.717) is 17.7 Å². The van der Waals surface area contributed by atoms with Crippen LogP contribution in [0, 0.1) is 17.8 Å². The Balaban J connectivity index is 1.93. The largest absolute Gasteiger partial charge is 0.472 e. The van der Waals surface area contributed by atoms with Gasteiger partial charge >= 0.3 is 0 Å². The Morgan fingerprint density at radius 2 is 2.15 bits per heavy atom. The molecular formula is C25H31N5O4. The highest BCUT2D eigenvalue weighted by molar-refractivity contribution is 5.97. The first-order chi connectivity index (χ1) is 16.3. The van der Waals surface area contributed by atoms with E-state index in [1.807, 2.05) is 13.8 Å². The maximum absolute atomic E-state index is 13.4. The van der Waals surface area contributed by atoms with Gasteiger partial charge in [0.25, 0.3) is 11.8 Å². The standard InChI is InChI=1S/C25H31N5O4/c1-5-6-7-8-19-11-20-23(28-12-19)34-22(17(2)14-30(24(20)32)18(3)16-31)15-29(4)25(33)21-13-26-9-10-27-21/h9-13,17-18,22,31H,5-6,14-16H2,1-4H3/t17-,18-,22+/m1/s1. The van der Waals surface area contributed by atoms with E-state index in [4.69, 9.17) is 4.74 Å². The third-order valence-corrected chi connectivity index (χ3v) is 5.71. The summed E-state index contributed by atoms with van der Waals surface area (Å²) in [5.74, 6) is 5.61. The van der Waals surface area contributed by atoms with Gasteiger partial charge in [0.05, 0.1) is 25.4 Å². The number of aromatic nitrogens is 3. The Morgan fingerprint density at radius 1 is 1.35 bits per heavy atom. The molecule has 1 aliphatic heterocycles. The van der Waals surface area contributed by atoms with Gasteiger partial charge in [-0.2, -0.15) is 0 Å². The normalized spacial score (nSPS) is 18.5. The van der Waals surface area contributed by atoms with E-state index in [1.54, 1.807) is 31.1 Å². The van der Waals surface area contributed by atoms with E-state index in [2.05, 4.69) is 26.8 Å². The van der Waals surface area contributed by atoms with E-state index in [9.17, 15) is 14.7 Å². The number of fused-ring (bicyclic) bond motifs is 1. The number of carbonyl (C=O) groups is 2. The molecule has 1 N–H and O–H groups in total. The monoisotopic (exact) mass is 465 g/mol. The highest BCUT2D eigenvalue weighted by atomic mass is 16.5. The number of aliphatic hydroxyl groups is 1. The van der Waals surface area contributed by atoms with Crippen molar-refractivity contribution >= 4 is 11.8 Å². The van der Waals surface area contributed by atoms with Crippen LogP contribution in [0.2, 0.25) is 0 Å². The van der Waals surface area contributed by atoms with Crippen molar-refractivity contribution in [3.63, 3.8) is 0 Å². The zero-order valence-corrected chi connectivity index (χ0v) is 20.1. The summed E-state index contributed by atoms with van der Waals surface area (Å²) in [5, 5.41) is 9.78. The van der Waals surface area contributed by atoms with Gasteiger partial charge in [0.15, 0.2) is 0 Å². The summed E-state index contributed by atoms with van der Waals surface area (Å²) in [6.45, 7) is 6.23. The molecule has 9 heteroatoms. The minimum atomic E-state index is -0.449. The quantitative estimate of drug-likeness (QED) is 0.650. The number of pyridine rings is 1. The van der Waals surface area contributed by atoms with E-state index in [0.717, 1.165) is 12.8 Å². The number of likely N-dealkylation sites (N-methyl/N-ethyl adjacent to an activating group) is 1. The third kappa shape index (κ3) is 5.88. The zero-order valence-electron chi connectivity index (χ0n) is 20.1. The summed E-state index contributed by atoms with van der Waals surface area (Å²) in [7, 11) is 1.67. The lowest BCUT2D eigenvalue weighted by molar-refractivity contribution is 0.0312. The van der Waals surface area contributed by atoms with Crippen LogP contribution in [-0.2, 0) is 0 Å². The molecule has 3 rings (SSSR count). The molecule has 2 aromatic rings. The summed E-state index contributed by atoms with van der Waals surface area (Å²) >= 11 is 0. The first-order valence-electron chi connectivity index (χ1n) is 11.4. The molecule has 0 saturated heterocycles. The lowest BCUT2D eigenvalue weighted by Crippen LogP contribution is -2.50. The average Bonchev–Trinajstić information content (AvgIpc) is 2.86. The highest BCUT2D eigenvalue weighted by Crippen LogP contribution is 2.27. The van der Waals surface area contributed by atoms with Gasteiger partial charge in [-0.3, -0.25) is 14.6 Å².